The molecule has 0 bridgehead atoms. The Kier molecular flexibility index (Phi) is 8.34. The lowest BCUT2D eigenvalue weighted by Gasteiger charge is -2.60. The number of aliphatic hydroxyl groups is 1. The van der Waals surface area contributed by atoms with Gasteiger partial charge in [0, 0.05) is 19.6 Å². The average molecular weight is 491 g/mol. The molecule has 1 spiro atoms. The van der Waals surface area contributed by atoms with Crippen LogP contribution >= 0.6 is 0 Å². The van der Waals surface area contributed by atoms with Crippen molar-refractivity contribution in [3.8, 4) is 0 Å². The van der Waals surface area contributed by atoms with Gasteiger partial charge in [-0.25, -0.2) is 0 Å². The minimum absolute atomic E-state index is 0.149. The molecular weight excluding hydrogens is 448 g/mol. The molecule has 7 nitrogen and oxygen atoms in total. The summed E-state index contributed by atoms with van der Waals surface area (Å²) in [7, 11) is 1.52. The van der Waals surface area contributed by atoms with Crippen molar-refractivity contribution in [1.29, 1.82) is 0 Å². The van der Waals surface area contributed by atoms with Gasteiger partial charge in [0.15, 0.2) is 6.29 Å². The fraction of sp³-hybridized carbons (Fsp3) is 0.714. The number of rotatable bonds is 9. The summed E-state index contributed by atoms with van der Waals surface area (Å²) in [5.74, 6) is -1.01. The maximum atomic E-state index is 12.7. The molecule has 1 aliphatic heterocycles. The van der Waals surface area contributed by atoms with Crippen LogP contribution in [0.2, 0.25) is 0 Å². The lowest BCUT2D eigenvalue weighted by atomic mass is 9.45. The zero-order chi connectivity index (χ0) is 26.1. The zero-order valence-corrected chi connectivity index (χ0v) is 22.0. The van der Waals surface area contributed by atoms with E-state index in [1.54, 1.807) is 6.08 Å². The van der Waals surface area contributed by atoms with Crippen LogP contribution in [0.4, 0.5) is 0 Å². The van der Waals surface area contributed by atoms with Crippen molar-refractivity contribution >= 4 is 11.9 Å². The summed E-state index contributed by atoms with van der Waals surface area (Å²) >= 11 is 0. The van der Waals surface area contributed by atoms with Crippen LogP contribution < -0.4 is 0 Å². The SMILES string of the molecule is C=CC(=C)CC[C@]1(C)[C@H]2C[C@H](OC(=O)C(C)CC)C=C3[C@H](OC)O[C@H](OC(C)=O)[C@@]32[C@H](O)C[C@@H]1C. The van der Waals surface area contributed by atoms with E-state index in [2.05, 4.69) is 27.0 Å². The molecule has 2 fully saturated rings. The monoisotopic (exact) mass is 490 g/mol. The second-order valence-electron chi connectivity index (χ2n) is 10.8. The van der Waals surface area contributed by atoms with Crippen molar-refractivity contribution in [2.45, 2.75) is 91.5 Å². The van der Waals surface area contributed by atoms with E-state index in [0.717, 1.165) is 18.4 Å². The van der Waals surface area contributed by atoms with Gasteiger partial charge >= 0.3 is 11.9 Å². The van der Waals surface area contributed by atoms with Crippen LogP contribution in [0.3, 0.4) is 0 Å². The molecule has 1 saturated carbocycles. The van der Waals surface area contributed by atoms with Gasteiger partial charge in [-0.2, -0.15) is 0 Å². The van der Waals surface area contributed by atoms with Crippen LogP contribution in [0, 0.1) is 28.6 Å². The third-order valence-electron chi connectivity index (χ3n) is 8.89. The molecule has 1 heterocycles. The molecule has 35 heavy (non-hydrogen) atoms. The smallest absolute Gasteiger partial charge is 0.309 e. The quantitative estimate of drug-likeness (QED) is 0.285. The largest absolute Gasteiger partial charge is 0.458 e. The summed E-state index contributed by atoms with van der Waals surface area (Å²) in [6, 6.07) is 0. The second-order valence-corrected chi connectivity index (χ2v) is 10.8. The highest BCUT2D eigenvalue weighted by molar-refractivity contribution is 5.72. The Morgan fingerprint density at radius 3 is 2.60 bits per heavy atom. The van der Waals surface area contributed by atoms with Crippen molar-refractivity contribution in [2.24, 2.45) is 28.6 Å². The number of hydrogen-bond acceptors (Lipinski definition) is 7. The molecule has 2 aliphatic carbocycles. The maximum absolute atomic E-state index is 12.7. The van der Waals surface area contributed by atoms with Crippen molar-refractivity contribution < 1.29 is 33.6 Å². The number of ether oxygens (including phenoxy) is 4. The minimum atomic E-state index is -1.00. The summed E-state index contributed by atoms with van der Waals surface area (Å²) < 4.78 is 23.5. The summed E-state index contributed by atoms with van der Waals surface area (Å²) in [4.78, 5) is 24.9. The summed E-state index contributed by atoms with van der Waals surface area (Å²) in [5.41, 5.74) is 0.343. The standard InChI is InChI=1S/C28H42O7/c1-9-16(3)11-12-27(7)18(5)13-23(30)28-21(25(32-8)35-26(28)33-19(6)29)14-20(15-22(27)28)34-24(31)17(4)10-2/h9,14,17-18,20,22-23,25-26,30H,1,3,10-13,15H2,2,4-8H3/t17?,18-,20+,22+,23+,25+,26-,27-,28-/m0/s1. The highest BCUT2D eigenvalue weighted by Gasteiger charge is 2.70. The topological polar surface area (TPSA) is 91.3 Å². The molecule has 1 saturated heterocycles. The Balaban J connectivity index is 2.15. The fourth-order valence-corrected chi connectivity index (χ4v) is 6.39. The molecule has 9 atom stereocenters. The van der Waals surface area contributed by atoms with Crippen LogP contribution in [0.25, 0.3) is 0 Å². The van der Waals surface area contributed by atoms with Crippen LogP contribution in [0.1, 0.15) is 66.7 Å². The summed E-state index contributed by atoms with van der Waals surface area (Å²) in [5, 5.41) is 11.7. The van der Waals surface area contributed by atoms with Crippen molar-refractivity contribution in [3.05, 3.63) is 36.5 Å². The molecular formula is C28H42O7. The Labute approximate surface area is 209 Å². The first-order valence-electron chi connectivity index (χ1n) is 12.7. The number of carbonyl (C=O) groups is 2. The maximum Gasteiger partial charge on any atom is 0.309 e. The van der Waals surface area contributed by atoms with E-state index in [0.29, 0.717) is 24.8 Å². The predicted octanol–water partition coefficient (Wildman–Crippen LogP) is 4.70. The zero-order valence-electron chi connectivity index (χ0n) is 22.0. The summed E-state index contributed by atoms with van der Waals surface area (Å²) in [6.07, 6.45) is 3.72. The second kappa shape index (κ2) is 10.6. The molecule has 1 unspecified atom stereocenters. The van der Waals surface area contributed by atoms with Gasteiger partial charge in [0.1, 0.15) is 6.10 Å². The van der Waals surface area contributed by atoms with E-state index in [4.69, 9.17) is 18.9 Å². The van der Waals surface area contributed by atoms with Gasteiger partial charge < -0.3 is 24.1 Å². The first-order chi connectivity index (χ1) is 16.4. The van der Waals surface area contributed by atoms with E-state index < -0.39 is 36.2 Å². The number of hydrogen-bond donors (Lipinski definition) is 1. The lowest BCUT2D eigenvalue weighted by Crippen LogP contribution is -2.63. The highest BCUT2D eigenvalue weighted by atomic mass is 16.8. The third-order valence-corrected chi connectivity index (χ3v) is 8.89. The first kappa shape index (κ1) is 27.6. The minimum Gasteiger partial charge on any atom is -0.458 e. The lowest BCUT2D eigenvalue weighted by molar-refractivity contribution is -0.254. The number of allylic oxidation sites excluding steroid dienone is 2. The van der Waals surface area contributed by atoms with E-state index >= 15 is 0 Å². The van der Waals surface area contributed by atoms with Crippen LogP contribution in [-0.2, 0) is 28.5 Å². The van der Waals surface area contributed by atoms with Crippen molar-refractivity contribution in [3.63, 3.8) is 0 Å². The average Bonchev–Trinajstić information content (AvgIpc) is 3.13. The molecule has 0 aromatic heterocycles. The molecule has 196 valence electrons. The molecule has 1 N–H and O–H groups in total. The van der Waals surface area contributed by atoms with Crippen LogP contribution in [0.15, 0.2) is 36.5 Å². The fourth-order valence-electron chi connectivity index (χ4n) is 6.39. The van der Waals surface area contributed by atoms with E-state index in [1.807, 2.05) is 19.9 Å². The third kappa shape index (κ3) is 4.75. The van der Waals surface area contributed by atoms with E-state index in [1.165, 1.54) is 14.0 Å². The van der Waals surface area contributed by atoms with Crippen LogP contribution in [0.5, 0.6) is 0 Å². The van der Waals surface area contributed by atoms with Gasteiger partial charge in [0.25, 0.3) is 0 Å². The Bertz CT molecular complexity index is 879. The molecule has 3 rings (SSSR count). The molecule has 0 amide bonds. The number of carbonyl (C=O) groups excluding carboxylic acids is 2. The van der Waals surface area contributed by atoms with Gasteiger partial charge in [-0.05, 0) is 55.4 Å². The molecule has 3 aliphatic rings. The van der Waals surface area contributed by atoms with Gasteiger partial charge in [-0.15, -0.1) is 0 Å². The molecule has 0 radical (unpaired) electrons. The van der Waals surface area contributed by atoms with Gasteiger partial charge in [-0.1, -0.05) is 52.5 Å². The first-order valence-corrected chi connectivity index (χ1v) is 12.7. The number of esters is 2. The van der Waals surface area contributed by atoms with Crippen molar-refractivity contribution in [1.82, 2.24) is 0 Å². The predicted molar refractivity (Wildman–Crippen MR) is 132 cm³/mol. The van der Waals surface area contributed by atoms with Crippen LogP contribution in [-0.4, -0.2) is 48.9 Å². The van der Waals surface area contributed by atoms with Crippen molar-refractivity contribution in [2.75, 3.05) is 7.11 Å². The normalized spacial score (nSPS) is 39.0. The van der Waals surface area contributed by atoms with Gasteiger partial charge in [0.05, 0.1) is 17.4 Å². The number of aliphatic hydroxyl groups excluding tert-OH is 1. The van der Waals surface area contributed by atoms with E-state index in [9.17, 15) is 14.7 Å². The Hall–Kier alpha value is -1.96. The Morgan fingerprint density at radius 1 is 1.34 bits per heavy atom. The van der Waals surface area contributed by atoms with Gasteiger partial charge in [-0.3, -0.25) is 9.59 Å². The number of methoxy groups -OCH3 is 1. The Morgan fingerprint density at radius 2 is 2.03 bits per heavy atom. The van der Waals surface area contributed by atoms with Gasteiger partial charge in [0.2, 0.25) is 6.29 Å². The molecule has 0 aromatic carbocycles. The van der Waals surface area contributed by atoms with E-state index in [-0.39, 0.29) is 29.1 Å². The molecule has 7 heteroatoms. The molecule has 0 aromatic rings. The summed E-state index contributed by atoms with van der Waals surface area (Å²) in [6.45, 7) is 17.5. The highest BCUT2D eigenvalue weighted by Crippen LogP contribution is 2.67.